The molecule has 0 aliphatic carbocycles. The summed E-state index contributed by atoms with van der Waals surface area (Å²) in [5.74, 6) is -0.298. The minimum atomic E-state index is -0.298. The molecule has 72 valence electrons. The van der Waals surface area contributed by atoms with E-state index >= 15 is 0 Å². The molecule has 0 aliphatic rings. The van der Waals surface area contributed by atoms with Crippen LogP contribution in [0.15, 0.2) is 18.2 Å². The fraction of sp³-hybridized carbons (Fsp3) is 0. The molecule has 0 atom stereocenters. The predicted octanol–water partition coefficient (Wildman–Crippen LogP) is 2.53. The molecule has 0 unspecified atom stereocenters. The van der Waals surface area contributed by atoms with Gasteiger partial charge in [-0.25, -0.2) is 4.39 Å². The molecule has 1 aromatic heterocycles. The molecule has 0 aliphatic heterocycles. The molecule has 1 aromatic carbocycles. The van der Waals surface area contributed by atoms with Gasteiger partial charge in [0.05, 0.1) is 5.56 Å². The molecule has 0 bridgehead atoms. The monoisotopic (exact) mass is 321 g/mol. The molecule has 3 nitrogen and oxygen atoms in total. The molecular weight excluding hydrogens is 316 g/mol. The highest BCUT2D eigenvalue weighted by Crippen LogP contribution is 2.30. The Balaban J connectivity index is 2.61. The maximum atomic E-state index is 13.4. The minimum Gasteiger partial charge on any atom is -0.374 e. The van der Waals surface area contributed by atoms with Crippen LogP contribution in [0.3, 0.4) is 0 Å². The molecule has 14 heavy (non-hydrogen) atoms. The highest BCUT2D eigenvalue weighted by molar-refractivity contribution is 14.1. The van der Waals surface area contributed by atoms with Crippen molar-refractivity contribution in [3.63, 3.8) is 0 Å². The minimum absolute atomic E-state index is 0.298. The van der Waals surface area contributed by atoms with Crippen molar-refractivity contribution in [1.29, 1.82) is 0 Å². The van der Waals surface area contributed by atoms with Gasteiger partial charge in [-0.15, -0.1) is 10.2 Å². The summed E-state index contributed by atoms with van der Waals surface area (Å²) in [5.41, 5.74) is 5.91. The lowest BCUT2D eigenvalue weighted by atomic mass is 10.2. The smallest absolute Gasteiger partial charge is 0.203 e. The topological polar surface area (TPSA) is 51.8 Å². The Hall–Kier alpha value is -0.760. The molecule has 2 aromatic rings. The van der Waals surface area contributed by atoms with Crippen LogP contribution in [-0.2, 0) is 0 Å². The van der Waals surface area contributed by atoms with E-state index in [-0.39, 0.29) is 5.82 Å². The zero-order valence-corrected chi connectivity index (χ0v) is 9.84. The lowest BCUT2D eigenvalue weighted by molar-refractivity contribution is 0.630. The van der Waals surface area contributed by atoms with Crippen molar-refractivity contribution in [1.82, 2.24) is 10.2 Å². The van der Waals surface area contributed by atoms with Crippen molar-refractivity contribution in [2.45, 2.75) is 0 Å². The van der Waals surface area contributed by atoms with Crippen molar-refractivity contribution in [3.8, 4) is 10.6 Å². The number of rotatable bonds is 1. The van der Waals surface area contributed by atoms with Crippen LogP contribution in [0.4, 0.5) is 9.52 Å². The predicted molar refractivity (Wildman–Crippen MR) is 62.4 cm³/mol. The van der Waals surface area contributed by atoms with Crippen LogP contribution in [0.2, 0.25) is 0 Å². The first-order valence-corrected chi connectivity index (χ1v) is 5.61. The van der Waals surface area contributed by atoms with Gasteiger partial charge in [-0.1, -0.05) is 17.4 Å². The van der Waals surface area contributed by atoms with Crippen molar-refractivity contribution >= 4 is 39.1 Å². The molecule has 6 heteroatoms. The zero-order chi connectivity index (χ0) is 10.1. The summed E-state index contributed by atoms with van der Waals surface area (Å²) in [4.78, 5) is 0. The second-order valence-corrected chi connectivity index (χ2v) is 4.71. The standard InChI is InChI=1S/C8H5FIN3S/c9-4-2-1-3-5(10)6(4)7-12-13-8(11)14-7/h1-3H,(H2,11,13). The maximum absolute atomic E-state index is 13.4. The number of halogens is 2. The number of nitrogens with zero attached hydrogens (tertiary/aromatic N) is 2. The van der Waals surface area contributed by atoms with Gasteiger partial charge in [0.1, 0.15) is 5.82 Å². The summed E-state index contributed by atoms with van der Waals surface area (Å²) in [5, 5.41) is 8.32. The van der Waals surface area contributed by atoms with Gasteiger partial charge in [0, 0.05) is 3.57 Å². The van der Waals surface area contributed by atoms with Crippen LogP contribution < -0.4 is 5.73 Å². The van der Waals surface area contributed by atoms with Crippen LogP contribution in [0.1, 0.15) is 0 Å². The van der Waals surface area contributed by atoms with E-state index in [0.717, 1.165) is 3.57 Å². The van der Waals surface area contributed by atoms with Crippen molar-refractivity contribution < 1.29 is 4.39 Å². The fourth-order valence-corrected chi connectivity index (χ4v) is 2.61. The molecule has 0 spiro atoms. The normalized spacial score (nSPS) is 10.4. The maximum Gasteiger partial charge on any atom is 0.203 e. The van der Waals surface area contributed by atoms with Gasteiger partial charge >= 0.3 is 0 Å². The largest absolute Gasteiger partial charge is 0.374 e. The van der Waals surface area contributed by atoms with Crippen molar-refractivity contribution in [2.24, 2.45) is 0 Å². The van der Waals surface area contributed by atoms with Gasteiger partial charge in [0.15, 0.2) is 5.01 Å². The summed E-state index contributed by atoms with van der Waals surface area (Å²) in [6.45, 7) is 0. The lowest BCUT2D eigenvalue weighted by Gasteiger charge is -2.00. The van der Waals surface area contributed by atoms with Crippen LogP contribution in [0.25, 0.3) is 10.6 Å². The number of hydrogen-bond acceptors (Lipinski definition) is 4. The highest BCUT2D eigenvalue weighted by Gasteiger charge is 2.13. The third-order valence-corrected chi connectivity index (χ3v) is 3.29. The Morgan fingerprint density at radius 2 is 2.14 bits per heavy atom. The summed E-state index contributed by atoms with van der Waals surface area (Å²) >= 11 is 3.24. The van der Waals surface area contributed by atoms with Crippen molar-refractivity contribution in [2.75, 3.05) is 5.73 Å². The van der Waals surface area contributed by atoms with Gasteiger partial charge in [-0.05, 0) is 34.7 Å². The Morgan fingerprint density at radius 3 is 2.71 bits per heavy atom. The SMILES string of the molecule is Nc1nnc(-c2c(F)cccc2I)s1. The lowest BCUT2D eigenvalue weighted by Crippen LogP contribution is -1.87. The second-order valence-electron chi connectivity index (χ2n) is 2.54. The molecule has 2 rings (SSSR count). The average molecular weight is 321 g/mol. The second kappa shape index (κ2) is 3.77. The third-order valence-electron chi connectivity index (χ3n) is 1.62. The number of hydrogen-bond donors (Lipinski definition) is 1. The highest BCUT2D eigenvalue weighted by atomic mass is 127. The zero-order valence-electron chi connectivity index (χ0n) is 6.87. The molecule has 0 fully saturated rings. The van der Waals surface area contributed by atoms with Gasteiger partial charge in [0.2, 0.25) is 5.13 Å². The molecule has 0 saturated heterocycles. The van der Waals surface area contributed by atoms with Gasteiger partial charge in [-0.3, -0.25) is 0 Å². The third kappa shape index (κ3) is 1.71. The van der Waals surface area contributed by atoms with Gasteiger partial charge in [-0.2, -0.15) is 0 Å². The van der Waals surface area contributed by atoms with Crippen molar-refractivity contribution in [3.05, 3.63) is 27.6 Å². The van der Waals surface area contributed by atoms with E-state index in [2.05, 4.69) is 32.8 Å². The van der Waals surface area contributed by atoms with E-state index < -0.39 is 0 Å². The Labute approximate surface area is 97.3 Å². The number of benzene rings is 1. The summed E-state index contributed by atoms with van der Waals surface area (Å²) in [7, 11) is 0. The van der Waals surface area contributed by atoms with E-state index in [1.165, 1.54) is 17.4 Å². The van der Waals surface area contributed by atoms with Gasteiger partial charge in [0.25, 0.3) is 0 Å². The van der Waals surface area contributed by atoms with E-state index in [1.807, 2.05) is 6.07 Å². The van der Waals surface area contributed by atoms with E-state index in [1.54, 1.807) is 6.07 Å². The number of anilines is 1. The van der Waals surface area contributed by atoms with Crippen LogP contribution in [0, 0.1) is 9.39 Å². The van der Waals surface area contributed by atoms with Gasteiger partial charge < -0.3 is 5.73 Å². The Bertz CT molecular complexity index is 451. The Kier molecular flexibility index (Phi) is 2.64. The van der Waals surface area contributed by atoms with E-state index in [0.29, 0.717) is 15.7 Å². The molecule has 0 saturated carbocycles. The first kappa shape index (κ1) is 9.78. The summed E-state index contributed by atoms with van der Waals surface area (Å²) in [6, 6.07) is 4.87. The van der Waals surface area contributed by atoms with E-state index in [9.17, 15) is 4.39 Å². The number of aromatic nitrogens is 2. The molecule has 0 amide bonds. The van der Waals surface area contributed by atoms with Crippen LogP contribution in [0.5, 0.6) is 0 Å². The van der Waals surface area contributed by atoms with E-state index in [4.69, 9.17) is 5.73 Å². The summed E-state index contributed by atoms with van der Waals surface area (Å²) < 4.78 is 14.2. The summed E-state index contributed by atoms with van der Waals surface area (Å²) in [6.07, 6.45) is 0. The number of nitrogens with two attached hydrogens (primary N) is 1. The molecule has 2 N–H and O–H groups in total. The average Bonchev–Trinajstić information content (AvgIpc) is 2.51. The number of nitrogen functional groups attached to an aromatic ring is 1. The molecule has 1 heterocycles. The first-order valence-electron chi connectivity index (χ1n) is 3.72. The van der Waals surface area contributed by atoms with Crippen LogP contribution in [-0.4, -0.2) is 10.2 Å². The molecular formula is C8H5FIN3S. The Morgan fingerprint density at radius 1 is 1.36 bits per heavy atom. The first-order chi connectivity index (χ1) is 6.68. The fourth-order valence-electron chi connectivity index (χ4n) is 1.04. The quantitative estimate of drug-likeness (QED) is 0.821. The van der Waals surface area contributed by atoms with Crippen LogP contribution >= 0.6 is 33.9 Å². The molecule has 0 radical (unpaired) electrons.